The summed E-state index contributed by atoms with van der Waals surface area (Å²) in [5.41, 5.74) is 0. The second-order valence-electron chi connectivity index (χ2n) is 4.67. The number of carbonyl (C=O) groups is 1. The number of carbonyl (C=O) groups excluding carboxylic acids is 1. The van der Waals surface area contributed by atoms with Crippen LogP contribution in [-0.2, 0) is 9.53 Å². The smallest absolute Gasteiger partial charge is 0.148 e. The minimum absolute atomic E-state index is 0.0288. The van der Waals surface area contributed by atoms with Gasteiger partial charge >= 0.3 is 0 Å². The number of aliphatic hydroxyl groups excluding tert-OH is 1. The first-order valence-corrected chi connectivity index (χ1v) is 7.12. The molecule has 1 saturated heterocycles. The molecule has 102 valence electrons. The van der Waals surface area contributed by atoms with Crippen molar-refractivity contribution in [1.29, 1.82) is 0 Å². The number of aliphatic hydroxyl groups is 1. The Morgan fingerprint density at radius 1 is 1.39 bits per heavy atom. The molecule has 0 saturated carbocycles. The van der Waals surface area contributed by atoms with Gasteiger partial charge in [-0.15, -0.1) is 24.9 Å². The van der Waals surface area contributed by atoms with Crippen LogP contribution in [-0.4, -0.2) is 33.8 Å². The molecule has 1 rings (SSSR count). The van der Waals surface area contributed by atoms with Gasteiger partial charge in [-0.1, -0.05) is 12.2 Å². The Labute approximate surface area is 113 Å². The highest BCUT2D eigenvalue weighted by atomic mass is 32.2. The predicted octanol–water partition coefficient (Wildman–Crippen LogP) is 2.55. The van der Waals surface area contributed by atoms with E-state index >= 15 is 0 Å². The zero-order valence-electron chi connectivity index (χ0n) is 11.0. The highest BCUT2D eigenvalue weighted by molar-refractivity contribution is 8.01. The molecule has 2 unspecified atom stereocenters. The van der Waals surface area contributed by atoms with E-state index in [0.717, 1.165) is 19.1 Å². The van der Waals surface area contributed by atoms with Crippen molar-refractivity contribution >= 4 is 18.0 Å². The minimum Gasteiger partial charge on any atom is -0.389 e. The van der Waals surface area contributed by atoms with E-state index < -0.39 is 17.1 Å². The van der Waals surface area contributed by atoms with Gasteiger partial charge in [0.2, 0.25) is 0 Å². The van der Waals surface area contributed by atoms with E-state index in [-0.39, 0.29) is 11.2 Å². The maximum absolute atomic E-state index is 10.8. The second-order valence-corrected chi connectivity index (χ2v) is 6.15. The molecule has 0 radical (unpaired) electrons. The lowest BCUT2D eigenvalue weighted by Crippen LogP contribution is -2.51. The lowest BCUT2D eigenvalue weighted by Gasteiger charge is -2.47. The third-order valence-corrected chi connectivity index (χ3v) is 5.15. The molecular formula is C14H22O3S. The zero-order valence-corrected chi connectivity index (χ0v) is 11.9. The summed E-state index contributed by atoms with van der Waals surface area (Å²) in [4.78, 5) is 10.0. The number of ether oxygens (including phenoxy) is 1. The lowest BCUT2D eigenvalue weighted by molar-refractivity contribution is -0.137. The van der Waals surface area contributed by atoms with Crippen LogP contribution in [0, 0.1) is 5.92 Å². The Kier molecular flexibility index (Phi) is 5.63. The summed E-state index contributed by atoms with van der Waals surface area (Å²) >= 11 is 1.54. The van der Waals surface area contributed by atoms with Gasteiger partial charge in [-0.2, -0.15) is 0 Å². The van der Waals surface area contributed by atoms with Gasteiger partial charge in [0.1, 0.15) is 17.3 Å². The van der Waals surface area contributed by atoms with Gasteiger partial charge < -0.3 is 14.6 Å². The highest BCUT2D eigenvalue weighted by Gasteiger charge is 2.48. The van der Waals surface area contributed by atoms with E-state index in [1.165, 1.54) is 0 Å². The summed E-state index contributed by atoms with van der Waals surface area (Å²) < 4.78 is 5.85. The summed E-state index contributed by atoms with van der Waals surface area (Å²) in [6, 6.07) is 0. The van der Waals surface area contributed by atoms with Crippen LogP contribution in [0.25, 0.3) is 0 Å². The number of rotatable bonds is 6. The number of hydrogen-bond acceptors (Lipinski definition) is 4. The molecule has 4 heteroatoms. The van der Waals surface area contributed by atoms with E-state index in [1.54, 1.807) is 25.6 Å². The van der Waals surface area contributed by atoms with Crippen LogP contribution < -0.4 is 0 Å². The fraction of sp³-hybridized carbons (Fsp3) is 0.643. The SMILES string of the molecule is C=CC1CCC(C=C)[C@@](O[C@@H](C)C=O)([C@H](C)O)S1. The third-order valence-electron chi connectivity index (χ3n) is 3.31. The molecule has 0 amide bonds. The standard InChI is InChI=1S/C14H22O3S/c1-5-12-7-8-13(6-2)18-14(12,11(4)16)17-10(3)9-15/h5-6,9-13,16H,1-2,7-8H2,3-4H3/t10-,11-,12?,13?,14+/m0/s1. The highest BCUT2D eigenvalue weighted by Crippen LogP contribution is 2.49. The molecule has 1 aliphatic rings. The largest absolute Gasteiger partial charge is 0.389 e. The summed E-state index contributed by atoms with van der Waals surface area (Å²) in [5, 5.41) is 10.4. The summed E-state index contributed by atoms with van der Waals surface area (Å²) in [6.07, 6.45) is 5.07. The molecule has 0 spiro atoms. The Morgan fingerprint density at radius 3 is 2.50 bits per heavy atom. The zero-order chi connectivity index (χ0) is 13.8. The van der Waals surface area contributed by atoms with Crippen LogP contribution in [0.3, 0.4) is 0 Å². The first-order valence-electron chi connectivity index (χ1n) is 6.24. The van der Waals surface area contributed by atoms with Gasteiger partial charge in [-0.25, -0.2) is 0 Å². The summed E-state index contributed by atoms with van der Waals surface area (Å²) in [6.45, 7) is 11.0. The molecule has 1 fully saturated rings. The van der Waals surface area contributed by atoms with Crippen molar-refractivity contribution in [3.63, 3.8) is 0 Å². The minimum atomic E-state index is -0.806. The van der Waals surface area contributed by atoms with Gasteiger partial charge in [0.15, 0.2) is 0 Å². The molecular weight excluding hydrogens is 248 g/mol. The van der Waals surface area contributed by atoms with Crippen LogP contribution in [0.15, 0.2) is 25.3 Å². The van der Waals surface area contributed by atoms with Crippen molar-refractivity contribution in [3.8, 4) is 0 Å². The maximum Gasteiger partial charge on any atom is 0.148 e. The monoisotopic (exact) mass is 270 g/mol. The molecule has 0 aromatic rings. The van der Waals surface area contributed by atoms with Gasteiger partial charge in [0.25, 0.3) is 0 Å². The molecule has 1 N–H and O–H groups in total. The first kappa shape index (κ1) is 15.5. The molecule has 5 atom stereocenters. The Balaban J connectivity index is 3.04. The normalized spacial score (nSPS) is 35.5. The van der Waals surface area contributed by atoms with E-state index in [2.05, 4.69) is 13.2 Å². The average molecular weight is 270 g/mol. The molecule has 18 heavy (non-hydrogen) atoms. The molecule has 0 aliphatic carbocycles. The number of hydrogen-bond donors (Lipinski definition) is 1. The Bertz CT molecular complexity index is 312. The number of aldehydes is 1. The quantitative estimate of drug-likeness (QED) is 0.595. The average Bonchev–Trinajstić information content (AvgIpc) is 2.37. The van der Waals surface area contributed by atoms with Gasteiger partial charge in [-0.3, -0.25) is 0 Å². The predicted molar refractivity (Wildman–Crippen MR) is 75.5 cm³/mol. The van der Waals surface area contributed by atoms with Crippen LogP contribution in [0.2, 0.25) is 0 Å². The van der Waals surface area contributed by atoms with E-state index in [1.807, 2.05) is 12.2 Å². The van der Waals surface area contributed by atoms with Crippen molar-refractivity contribution in [2.45, 2.75) is 49.1 Å². The molecule has 1 aliphatic heterocycles. The van der Waals surface area contributed by atoms with Crippen molar-refractivity contribution in [1.82, 2.24) is 0 Å². The molecule has 1 heterocycles. The fourth-order valence-corrected chi connectivity index (χ4v) is 3.93. The molecule has 0 bridgehead atoms. The number of thioether (sulfide) groups is 1. The van der Waals surface area contributed by atoms with E-state index in [4.69, 9.17) is 4.74 Å². The van der Waals surface area contributed by atoms with Crippen LogP contribution in [0.1, 0.15) is 26.7 Å². The molecule has 0 aromatic carbocycles. The van der Waals surface area contributed by atoms with Gasteiger partial charge in [0, 0.05) is 11.2 Å². The molecule has 3 nitrogen and oxygen atoms in total. The first-order chi connectivity index (χ1) is 8.50. The van der Waals surface area contributed by atoms with Crippen LogP contribution in [0.4, 0.5) is 0 Å². The van der Waals surface area contributed by atoms with E-state index in [0.29, 0.717) is 0 Å². The summed E-state index contributed by atoms with van der Waals surface area (Å²) in [7, 11) is 0. The van der Waals surface area contributed by atoms with Crippen molar-refractivity contribution in [2.24, 2.45) is 5.92 Å². The topological polar surface area (TPSA) is 46.5 Å². The van der Waals surface area contributed by atoms with E-state index in [9.17, 15) is 9.90 Å². The summed E-state index contributed by atoms with van der Waals surface area (Å²) in [5.74, 6) is 0.0288. The third kappa shape index (κ3) is 3.05. The van der Waals surface area contributed by atoms with Crippen molar-refractivity contribution in [3.05, 3.63) is 25.3 Å². The van der Waals surface area contributed by atoms with Crippen molar-refractivity contribution < 1.29 is 14.6 Å². The fourth-order valence-electron chi connectivity index (χ4n) is 2.32. The van der Waals surface area contributed by atoms with Gasteiger partial charge in [0.05, 0.1) is 6.10 Å². The van der Waals surface area contributed by atoms with Crippen LogP contribution >= 0.6 is 11.8 Å². The Hall–Kier alpha value is -0.580. The lowest BCUT2D eigenvalue weighted by atomic mass is 9.91. The van der Waals surface area contributed by atoms with Crippen LogP contribution in [0.5, 0.6) is 0 Å². The van der Waals surface area contributed by atoms with Crippen molar-refractivity contribution in [2.75, 3.05) is 0 Å². The molecule has 0 aromatic heterocycles. The Morgan fingerprint density at radius 2 is 2.06 bits per heavy atom. The maximum atomic E-state index is 10.8. The second kappa shape index (κ2) is 6.55. The van der Waals surface area contributed by atoms with Gasteiger partial charge in [-0.05, 0) is 26.7 Å².